The maximum Gasteiger partial charge on any atom is 0.256 e. The quantitative estimate of drug-likeness (QED) is 0.935. The first-order chi connectivity index (χ1) is 9.55. The summed E-state index contributed by atoms with van der Waals surface area (Å²) in [5.41, 5.74) is 1.29. The minimum Gasteiger partial charge on any atom is -0.497 e. The number of thiophene rings is 1. The van der Waals surface area contributed by atoms with E-state index in [4.69, 9.17) is 9.47 Å². The summed E-state index contributed by atoms with van der Waals surface area (Å²) in [4.78, 5) is 14.4. The van der Waals surface area contributed by atoms with E-state index in [0.717, 1.165) is 9.75 Å². The zero-order valence-electron chi connectivity index (χ0n) is 11.9. The molecule has 2 rings (SSSR count). The molecule has 106 valence electrons. The van der Waals surface area contributed by atoms with E-state index in [-0.39, 0.29) is 5.91 Å². The number of carbonyl (C=O) groups is 1. The van der Waals surface area contributed by atoms with Gasteiger partial charge in [-0.25, -0.2) is 0 Å². The number of benzene rings is 1. The van der Waals surface area contributed by atoms with Crippen LogP contribution in [0.25, 0.3) is 0 Å². The van der Waals surface area contributed by atoms with Gasteiger partial charge in [-0.05, 0) is 32.0 Å². The van der Waals surface area contributed by atoms with Gasteiger partial charge in [-0.2, -0.15) is 0 Å². The zero-order valence-corrected chi connectivity index (χ0v) is 12.8. The third kappa shape index (κ3) is 2.93. The van der Waals surface area contributed by atoms with Crippen LogP contribution < -0.4 is 14.8 Å². The Bertz CT molecular complexity index is 634. The van der Waals surface area contributed by atoms with Gasteiger partial charge in [0.25, 0.3) is 5.91 Å². The van der Waals surface area contributed by atoms with E-state index < -0.39 is 0 Å². The Morgan fingerprint density at radius 1 is 1.15 bits per heavy atom. The number of methoxy groups -OCH3 is 2. The molecule has 0 fully saturated rings. The number of aryl methyl sites for hydroxylation is 2. The first-order valence-electron chi connectivity index (χ1n) is 6.15. The van der Waals surface area contributed by atoms with Crippen LogP contribution in [0.3, 0.4) is 0 Å². The van der Waals surface area contributed by atoms with E-state index in [1.165, 1.54) is 0 Å². The van der Waals surface area contributed by atoms with Crippen molar-refractivity contribution in [3.63, 3.8) is 0 Å². The molecule has 0 atom stereocenters. The number of ether oxygens (including phenoxy) is 2. The molecule has 0 aliphatic heterocycles. The Morgan fingerprint density at radius 3 is 2.45 bits per heavy atom. The van der Waals surface area contributed by atoms with Crippen molar-refractivity contribution in [3.05, 3.63) is 39.6 Å². The molecule has 0 bridgehead atoms. The summed E-state index contributed by atoms with van der Waals surface area (Å²) < 4.78 is 10.4. The maximum absolute atomic E-state index is 12.3. The van der Waals surface area contributed by atoms with Crippen molar-refractivity contribution in [2.75, 3.05) is 19.5 Å². The minimum atomic E-state index is -0.140. The Kier molecular flexibility index (Phi) is 4.29. The number of nitrogens with one attached hydrogen (secondary N) is 1. The second kappa shape index (κ2) is 5.96. The number of rotatable bonds is 4. The fraction of sp³-hybridized carbons (Fsp3) is 0.267. The second-order valence-corrected chi connectivity index (χ2v) is 5.81. The molecule has 2 aromatic rings. The molecular weight excluding hydrogens is 274 g/mol. The monoisotopic (exact) mass is 291 g/mol. The van der Waals surface area contributed by atoms with Gasteiger partial charge in [0.15, 0.2) is 0 Å². The van der Waals surface area contributed by atoms with Crippen LogP contribution in [0.5, 0.6) is 11.5 Å². The first-order valence-corrected chi connectivity index (χ1v) is 6.97. The van der Waals surface area contributed by atoms with Gasteiger partial charge in [0.05, 0.1) is 25.5 Å². The van der Waals surface area contributed by atoms with E-state index in [2.05, 4.69) is 5.32 Å². The summed E-state index contributed by atoms with van der Waals surface area (Å²) in [6.45, 7) is 3.93. The normalized spacial score (nSPS) is 10.2. The lowest BCUT2D eigenvalue weighted by atomic mass is 10.2. The fourth-order valence-corrected chi connectivity index (χ4v) is 2.88. The highest BCUT2D eigenvalue weighted by Crippen LogP contribution is 2.30. The molecule has 1 aromatic heterocycles. The van der Waals surface area contributed by atoms with Crippen LogP contribution in [-0.2, 0) is 0 Å². The molecule has 20 heavy (non-hydrogen) atoms. The summed E-state index contributed by atoms with van der Waals surface area (Å²) in [5.74, 6) is 1.13. The van der Waals surface area contributed by atoms with Crippen LogP contribution in [0.2, 0.25) is 0 Å². The molecule has 1 amide bonds. The van der Waals surface area contributed by atoms with Crippen molar-refractivity contribution in [1.82, 2.24) is 0 Å². The topological polar surface area (TPSA) is 47.6 Å². The third-order valence-corrected chi connectivity index (χ3v) is 3.91. The Morgan fingerprint density at radius 2 is 1.90 bits per heavy atom. The molecule has 1 heterocycles. The molecule has 0 unspecified atom stereocenters. The highest BCUT2D eigenvalue weighted by atomic mass is 32.1. The van der Waals surface area contributed by atoms with Crippen molar-refractivity contribution in [2.45, 2.75) is 13.8 Å². The smallest absolute Gasteiger partial charge is 0.256 e. The lowest BCUT2D eigenvalue weighted by Crippen LogP contribution is -2.12. The van der Waals surface area contributed by atoms with Crippen molar-refractivity contribution in [1.29, 1.82) is 0 Å². The maximum atomic E-state index is 12.3. The summed E-state index contributed by atoms with van der Waals surface area (Å²) in [5, 5.41) is 2.87. The highest BCUT2D eigenvalue weighted by Gasteiger charge is 2.14. The molecule has 0 saturated carbocycles. The molecule has 0 spiro atoms. The molecule has 1 aromatic carbocycles. The number of hydrogen-bond acceptors (Lipinski definition) is 4. The van der Waals surface area contributed by atoms with Gasteiger partial charge in [0, 0.05) is 15.8 Å². The summed E-state index contributed by atoms with van der Waals surface area (Å²) in [6, 6.07) is 7.18. The molecule has 0 aliphatic carbocycles. The van der Waals surface area contributed by atoms with E-state index in [0.29, 0.717) is 22.7 Å². The van der Waals surface area contributed by atoms with Crippen molar-refractivity contribution >= 4 is 22.9 Å². The third-order valence-electron chi connectivity index (χ3n) is 2.94. The molecular formula is C15H17NO3S. The van der Waals surface area contributed by atoms with Crippen LogP contribution >= 0.6 is 11.3 Å². The SMILES string of the molecule is COc1ccc(OC)c(NC(=O)c2cc(C)sc2C)c1. The molecule has 5 heteroatoms. The molecule has 0 radical (unpaired) electrons. The van der Waals surface area contributed by atoms with Gasteiger partial charge >= 0.3 is 0 Å². The Hall–Kier alpha value is -2.01. The number of hydrogen-bond donors (Lipinski definition) is 1. The minimum absolute atomic E-state index is 0.140. The average molecular weight is 291 g/mol. The summed E-state index contributed by atoms with van der Waals surface area (Å²) in [7, 11) is 3.15. The fourth-order valence-electron chi connectivity index (χ4n) is 1.96. The first kappa shape index (κ1) is 14.4. The van der Waals surface area contributed by atoms with Gasteiger partial charge in [0.1, 0.15) is 11.5 Å². The van der Waals surface area contributed by atoms with Gasteiger partial charge in [-0.3, -0.25) is 4.79 Å². The van der Waals surface area contributed by atoms with Crippen LogP contribution in [0.4, 0.5) is 5.69 Å². The predicted molar refractivity (Wildman–Crippen MR) is 81.3 cm³/mol. The van der Waals surface area contributed by atoms with Crippen LogP contribution in [0.1, 0.15) is 20.1 Å². The molecule has 1 N–H and O–H groups in total. The number of carbonyl (C=O) groups excluding carboxylic acids is 1. The van der Waals surface area contributed by atoms with Gasteiger partial charge in [-0.1, -0.05) is 0 Å². The summed E-state index contributed by atoms with van der Waals surface area (Å²) in [6.07, 6.45) is 0. The Balaban J connectivity index is 2.29. The summed E-state index contributed by atoms with van der Waals surface area (Å²) >= 11 is 1.61. The molecule has 4 nitrogen and oxygen atoms in total. The average Bonchev–Trinajstić information content (AvgIpc) is 2.77. The van der Waals surface area contributed by atoms with Crippen LogP contribution in [0.15, 0.2) is 24.3 Å². The lowest BCUT2D eigenvalue weighted by Gasteiger charge is -2.11. The standard InChI is InChI=1S/C15H17NO3S/c1-9-7-12(10(2)20-9)15(17)16-13-8-11(18-3)5-6-14(13)19-4/h5-8H,1-4H3,(H,16,17). The van der Waals surface area contributed by atoms with Crippen LogP contribution in [0, 0.1) is 13.8 Å². The Labute approximate surface area is 122 Å². The predicted octanol–water partition coefficient (Wildman–Crippen LogP) is 3.63. The van der Waals surface area contributed by atoms with E-state index in [9.17, 15) is 4.79 Å². The van der Waals surface area contributed by atoms with E-state index in [1.807, 2.05) is 19.9 Å². The van der Waals surface area contributed by atoms with Gasteiger partial charge in [0.2, 0.25) is 0 Å². The molecule has 0 saturated heterocycles. The van der Waals surface area contributed by atoms with Crippen molar-refractivity contribution in [2.24, 2.45) is 0 Å². The van der Waals surface area contributed by atoms with Crippen LogP contribution in [-0.4, -0.2) is 20.1 Å². The van der Waals surface area contributed by atoms with Crippen molar-refractivity contribution < 1.29 is 14.3 Å². The molecule has 0 aliphatic rings. The number of anilines is 1. The second-order valence-electron chi connectivity index (χ2n) is 4.35. The van der Waals surface area contributed by atoms with E-state index >= 15 is 0 Å². The lowest BCUT2D eigenvalue weighted by molar-refractivity contribution is 0.102. The zero-order chi connectivity index (χ0) is 14.7. The van der Waals surface area contributed by atoms with Crippen molar-refractivity contribution in [3.8, 4) is 11.5 Å². The number of amides is 1. The largest absolute Gasteiger partial charge is 0.497 e. The highest BCUT2D eigenvalue weighted by molar-refractivity contribution is 7.12. The van der Waals surface area contributed by atoms with E-state index in [1.54, 1.807) is 43.8 Å². The van der Waals surface area contributed by atoms with Gasteiger partial charge < -0.3 is 14.8 Å². The van der Waals surface area contributed by atoms with Gasteiger partial charge in [-0.15, -0.1) is 11.3 Å².